The van der Waals surface area contributed by atoms with Crippen LogP contribution in [0.25, 0.3) is 10.2 Å². The number of fused-ring (bicyclic) bond motifs is 1. The van der Waals surface area contributed by atoms with E-state index in [1.165, 1.54) is 25.1 Å². The van der Waals surface area contributed by atoms with Crippen LogP contribution in [-0.4, -0.2) is 30.5 Å². The summed E-state index contributed by atoms with van der Waals surface area (Å²) in [7, 11) is -3.39. The van der Waals surface area contributed by atoms with E-state index in [0.717, 1.165) is 29.7 Å². The van der Waals surface area contributed by atoms with Crippen LogP contribution in [0, 0.1) is 22.9 Å². The lowest BCUT2D eigenvalue weighted by Gasteiger charge is -2.04. The van der Waals surface area contributed by atoms with E-state index in [1.54, 1.807) is 0 Å². The van der Waals surface area contributed by atoms with Gasteiger partial charge in [0, 0.05) is 17.9 Å². The number of amides is 1. The highest BCUT2D eigenvalue weighted by molar-refractivity contribution is 7.90. The highest BCUT2D eigenvalue weighted by atomic mass is 32.2. The lowest BCUT2D eigenvalue weighted by atomic mass is 10.1. The van der Waals surface area contributed by atoms with Crippen LogP contribution in [-0.2, 0) is 9.84 Å². The number of sulfone groups is 1. The van der Waals surface area contributed by atoms with Crippen molar-refractivity contribution >= 4 is 48.1 Å². The number of aromatic nitrogens is 1. The Bertz CT molecular complexity index is 1200. The van der Waals surface area contributed by atoms with E-state index in [9.17, 15) is 27.7 Å². The fourth-order valence-corrected chi connectivity index (χ4v) is 3.97. The molecule has 27 heavy (non-hydrogen) atoms. The third kappa shape index (κ3) is 3.78. The molecule has 0 aliphatic rings. The van der Waals surface area contributed by atoms with Crippen molar-refractivity contribution in [2.45, 2.75) is 11.8 Å². The zero-order valence-electron chi connectivity index (χ0n) is 14.0. The molecule has 3 rings (SSSR count). The molecule has 2 aromatic carbocycles. The number of hydrogen-bond donors (Lipinski definition) is 1. The smallest absolute Gasteiger partial charge is 0.276 e. The molecule has 0 radical (unpaired) electrons. The molecule has 1 aromatic heterocycles. The Balaban J connectivity index is 1.93. The van der Waals surface area contributed by atoms with Gasteiger partial charge >= 0.3 is 0 Å². The van der Waals surface area contributed by atoms with Crippen LogP contribution >= 0.6 is 11.3 Å². The van der Waals surface area contributed by atoms with E-state index >= 15 is 0 Å². The van der Waals surface area contributed by atoms with Crippen molar-refractivity contribution in [2.24, 2.45) is 0 Å². The van der Waals surface area contributed by atoms with Crippen LogP contribution in [0.1, 0.15) is 15.9 Å². The van der Waals surface area contributed by atoms with Gasteiger partial charge in [-0.1, -0.05) is 11.3 Å². The van der Waals surface area contributed by atoms with Crippen molar-refractivity contribution in [3.8, 4) is 0 Å². The van der Waals surface area contributed by atoms with E-state index in [2.05, 4.69) is 10.3 Å². The molecular weight excluding hydrogens is 397 g/mol. The molecule has 0 saturated heterocycles. The SMILES string of the molecule is Cc1c(F)cc(C(=O)Nc2nc3ccc(S(C)(=O)=O)cc3s2)cc1[N+](=O)[O-]. The molecule has 1 amide bonds. The molecule has 140 valence electrons. The number of nitrogens with one attached hydrogen (secondary N) is 1. The first-order valence-electron chi connectivity index (χ1n) is 7.43. The quantitative estimate of drug-likeness (QED) is 0.521. The second-order valence-corrected chi connectivity index (χ2v) is 8.78. The molecule has 0 aliphatic heterocycles. The molecule has 11 heteroatoms. The summed E-state index contributed by atoms with van der Waals surface area (Å²) in [6.45, 7) is 1.25. The molecule has 3 aromatic rings. The molecule has 0 unspecified atom stereocenters. The summed E-state index contributed by atoms with van der Waals surface area (Å²) < 4.78 is 37.6. The predicted molar refractivity (Wildman–Crippen MR) is 98.5 cm³/mol. The van der Waals surface area contributed by atoms with Crippen LogP contribution in [0.4, 0.5) is 15.2 Å². The Morgan fingerprint density at radius 2 is 2.00 bits per heavy atom. The van der Waals surface area contributed by atoms with Crippen molar-refractivity contribution in [3.05, 3.63) is 57.4 Å². The first-order chi connectivity index (χ1) is 12.6. The van der Waals surface area contributed by atoms with Gasteiger partial charge < -0.3 is 0 Å². The number of halogens is 1. The summed E-state index contributed by atoms with van der Waals surface area (Å²) in [6.07, 6.45) is 1.08. The highest BCUT2D eigenvalue weighted by Gasteiger charge is 2.20. The maximum atomic E-state index is 13.9. The first kappa shape index (κ1) is 18.9. The van der Waals surface area contributed by atoms with E-state index in [0.29, 0.717) is 10.2 Å². The van der Waals surface area contributed by atoms with E-state index < -0.39 is 32.2 Å². The summed E-state index contributed by atoms with van der Waals surface area (Å²) in [5.41, 5.74) is -0.406. The summed E-state index contributed by atoms with van der Waals surface area (Å²) >= 11 is 1.03. The fourth-order valence-electron chi connectivity index (χ4n) is 2.34. The number of carbonyl (C=O) groups excluding carboxylic acids is 1. The second-order valence-electron chi connectivity index (χ2n) is 5.73. The Kier molecular flexibility index (Phi) is 4.66. The first-order valence-corrected chi connectivity index (χ1v) is 10.1. The summed E-state index contributed by atoms with van der Waals surface area (Å²) in [4.78, 5) is 26.8. The molecule has 1 N–H and O–H groups in total. The fraction of sp³-hybridized carbons (Fsp3) is 0.125. The van der Waals surface area contributed by atoms with Crippen LogP contribution in [0.5, 0.6) is 0 Å². The van der Waals surface area contributed by atoms with Crippen LogP contribution in [0.3, 0.4) is 0 Å². The van der Waals surface area contributed by atoms with Gasteiger partial charge in [-0.15, -0.1) is 0 Å². The number of anilines is 1. The maximum absolute atomic E-state index is 13.9. The number of carbonyl (C=O) groups is 1. The number of nitro groups is 1. The Labute approximate surface area is 156 Å². The third-order valence-corrected chi connectivity index (χ3v) is 5.83. The Morgan fingerprint density at radius 1 is 1.30 bits per heavy atom. The minimum atomic E-state index is -3.39. The monoisotopic (exact) mass is 409 g/mol. The average molecular weight is 409 g/mol. The zero-order valence-corrected chi connectivity index (χ0v) is 15.6. The highest BCUT2D eigenvalue weighted by Crippen LogP contribution is 2.29. The summed E-state index contributed by atoms with van der Waals surface area (Å²) in [5, 5.41) is 13.6. The molecule has 0 atom stereocenters. The maximum Gasteiger partial charge on any atom is 0.276 e. The summed E-state index contributed by atoms with van der Waals surface area (Å²) in [6, 6.07) is 6.25. The lowest BCUT2D eigenvalue weighted by Crippen LogP contribution is -2.13. The van der Waals surface area contributed by atoms with E-state index in [4.69, 9.17) is 0 Å². The minimum absolute atomic E-state index is 0.118. The molecule has 0 bridgehead atoms. The molecule has 0 fully saturated rings. The van der Waals surface area contributed by atoms with Crippen molar-refractivity contribution < 1.29 is 22.5 Å². The molecule has 8 nitrogen and oxygen atoms in total. The van der Waals surface area contributed by atoms with Gasteiger partial charge in [-0.05, 0) is 31.2 Å². The van der Waals surface area contributed by atoms with Gasteiger partial charge in [-0.2, -0.15) is 0 Å². The molecule has 1 heterocycles. The number of hydrogen-bond acceptors (Lipinski definition) is 7. The number of nitrogens with zero attached hydrogens (tertiary/aromatic N) is 2. The number of rotatable bonds is 4. The Hall–Kier alpha value is -2.92. The van der Waals surface area contributed by atoms with E-state index in [1.807, 2.05) is 0 Å². The topological polar surface area (TPSA) is 119 Å². The van der Waals surface area contributed by atoms with Gasteiger partial charge in [0.2, 0.25) is 0 Å². The predicted octanol–water partition coefficient (Wildman–Crippen LogP) is 3.31. The zero-order chi connectivity index (χ0) is 19.9. The third-order valence-electron chi connectivity index (χ3n) is 3.78. The van der Waals surface area contributed by atoms with Gasteiger partial charge in [0.05, 0.1) is 25.6 Å². The second kappa shape index (κ2) is 6.67. The van der Waals surface area contributed by atoms with Crippen molar-refractivity contribution in [2.75, 3.05) is 11.6 Å². The van der Waals surface area contributed by atoms with Gasteiger partial charge in [-0.25, -0.2) is 17.8 Å². The largest absolute Gasteiger partial charge is 0.298 e. The van der Waals surface area contributed by atoms with Crippen LogP contribution < -0.4 is 5.32 Å². The molecular formula is C16H12FN3O5S2. The van der Waals surface area contributed by atoms with Crippen molar-refractivity contribution in [3.63, 3.8) is 0 Å². The molecule has 0 aliphatic carbocycles. The molecule has 0 spiro atoms. The van der Waals surface area contributed by atoms with Crippen LogP contribution in [0.2, 0.25) is 0 Å². The lowest BCUT2D eigenvalue weighted by molar-refractivity contribution is -0.385. The normalized spacial score (nSPS) is 11.5. The number of benzene rings is 2. The molecule has 0 saturated carbocycles. The van der Waals surface area contributed by atoms with Crippen molar-refractivity contribution in [1.82, 2.24) is 4.98 Å². The van der Waals surface area contributed by atoms with Crippen molar-refractivity contribution in [1.29, 1.82) is 0 Å². The van der Waals surface area contributed by atoms with Crippen LogP contribution in [0.15, 0.2) is 35.2 Å². The van der Waals surface area contributed by atoms with E-state index in [-0.39, 0.29) is 21.2 Å². The van der Waals surface area contributed by atoms with Gasteiger partial charge in [-0.3, -0.25) is 20.2 Å². The van der Waals surface area contributed by atoms with Gasteiger partial charge in [0.15, 0.2) is 15.0 Å². The average Bonchev–Trinajstić information content (AvgIpc) is 2.97. The Morgan fingerprint density at radius 3 is 2.63 bits per heavy atom. The van der Waals surface area contributed by atoms with Gasteiger partial charge in [0.1, 0.15) is 5.82 Å². The standard InChI is InChI=1S/C16H12FN3O5S2/c1-8-11(17)5-9(6-13(8)20(22)23)15(21)19-16-18-12-4-3-10(27(2,24)25)7-14(12)26-16/h3-7H,1-2H3,(H,18,19,21). The number of nitro benzene ring substituents is 1. The summed E-state index contributed by atoms with van der Waals surface area (Å²) in [5.74, 6) is -1.63. The van der Waals surface area contributed by atoms with Gasteiger partial charge in [0.25, 0.3) is 11.6 Å². The number of thiazole rings is 1. The minimum Gasteiger partial charge on any atom is -0.298 e.